The van der Waals surface area contributed by atoms with E-state index >= 15 is 0 Å². The lowest BCUT2D eigenvalue weighted by Crippen LogP contribution is -3.14. The highest BCUT2D eigenvalue weighted by atomic mass is 35.5. The maximum atomic E-state index is 12.1. The average molecular weight is 391 g/mol. The van der Waals surface area contributed by atoms with E-state index < -0.39 is 10.0 Å². The van der Waals surface area contributed by atoms with E-state index in [4.69, 9.17) is 16.3 Å². The number of carbonyl (C=O) groups excluding carboxylic acids is 1. The SMILES string of the molecule is O=C(CCNS(=O)(=O)c1ccc(Cl)cc1)NCCC[NH+]1CCOCC1. The molecule has 0 bridgehead atoms. The minimum atomic E-state index is -3.62. The largest absolute Gasteiger partial charge is 0.370 e. The summed E-state index contributed by atoms with van der Waals surface area (Å²) in [7, 11) is -3.62. The summed E-state index contributed by atoms with van der Waals surface area (Å²) in [6.07, 6.45) is 1.01. The van der Waals surface area contributed by atoms with Gasteiger partial charge in [-0.2, -0.15) is 0 Å². The standard InChI is InChI=1S/C16H24ClN3O4S/c17-14-2-4-15(5-3-14)25(22,23)19-8-6-16(21)18-7-1-9-20-10-12-24-13-11-20/h2-5,19H,1,6-13H2,(H,18,21)/p+1. The third kappa shape index (κ3) is 7.29. The van der Waals surface area contributed by atoms with Gasteiger partial charge in [0, 0.05) is 31.0 Å². The Balaban J connectivity index is 1.60. The zero-order chi connectivity index (χ0) is 18.1. The van der Waals surface area contributed by atoms with Gasteiger partial charge < -0.3 is 15.0 Å². The molecule has 2 rings (SSSR count). The Morgan fingerprint density at radius 2 is 1.84 bits per heavy atom. The van der Waals surface area contributed by atoms with Crippen molar-refractivity contribution in [3.8, 4) is 0 Å². The molecular weight excluding hydrogens is 366 g/mol. The van der Waals surface area contributed by atoms with Gasteiger partial charge in [0.15, 0.2) is 0 Å². The number of carbonyl (C=O) groups is 1. The van der Waals surface area contributed by atoms with Crippen LogP contribution in [0.15, 0.2) is 29.2 Å². The summed E-state index contributed by atoms with van der Waals surface area (Å²) in [4.78, 5) is 13.4. The van der Waals surface area contributed by atoms with Crippen molar-refractivity contribution < 1.29 is 22.8 Å². The molecule has 9 heteroatoms. The Labute approximate surface area is 153 Å². The number of morpholine rings is 1. The Bertz CT molecular complexity index is 646. The molecule has 0 unspecified atom stereocenters. The predicted octanol–water partition coefficient (Wildman–Crippen LogP) is -0.570. The smallest absolute Gasteiger partial charge is 0.240 e. The van der Waals surface area contributed by atoms with Gasteiger partial charge in [-0.1, -0.05) is 11.6 Å². The van der Waals surface area contributed by atoms with Gasteiger partial charge in [0.1, 0.15) is 13.1 Å². The van der Waals surface area contributed by atoms with Gasteiger partial charge in [0.2, 0.25) is 15.9 Å². The van der Waals surface area contributed by atoms with E-state index in [2.05, 4.69) is 10.0 Å². The Morgan fingerprint density at radius 1 is 1.16 bits per heavy atom. The quantitative estimate of drug-likeness (QED) is 0.493. The Hall–Kier alpha value is -1.19. The number of halogens is 1. The number of ether oxygens (including phenoxy) is 1. The fraction of sp³-hybridized carbons (Fsp3) is 0.562. The van der Waals surface area contributed by atoms with Crippen molar-refractivity contribution in [1.82, 2.24) is 10.0 Å². The number of nitrogens with one attached hydrogen (secondary N) is 3. The minimum Gasteiger partial charge on any atom is -0.370 e. The second-order valence-electron chi connectivity index (χ2n) is 5.92. The van der Waals surface area contributed by atoms with Crippen molar-refractivity contribution in [2.75, 3.05) is 45.9 Å². The first-order valence-corrected chi connectivity index (χ1v) is 10.3. The number of hydrogen-bond donors (Lipinski definition) is 3. The van der Waals surface area contributed by atoms with Crippen LogP contribution in [-0.2, 0) is 19.6 Å². The third-order valence-electron chi connectivity index (χ3n) is 4.00. The highest BCUT2D eigenvalue weighted by Crippen LogP contribution is 2.13. The molecule has 1 aromatic carbocycles. The van der Waals surface area contributed by atoms with Gasteiger partial charge in [-0.3, -0.25) is 4.79 Å². The molecule has 0 spiro atoms. The summed E-state index contributed by atoms with van der Waals surface area (Å²) in [5.74, 6) is -0.157. The van der Waals surface area contributed by atoms with Crippen molar-refractivity contribution in [3.63, 3.8) is 0 Å². The summed E-state index contributed by atoms with van der Waals surface area (Å²) in [5, 5.41) is 3.29. The van der Waals surface area contributed by atoms with Crippen LogP contribution in [0.1, 0.15) is 12.8 Å². The molecule has 1 aliphatic heterocycles. The Kier molecular flexibility index (Phi) is 8.11. The second kappa shape index (κ2) is 10.1. The van der Waals surface area contributed by atoms with Crippen LogP contribution < -0.4 is 14.9 Å². The number of rotatable bonds is 9. The highest BCUT2D eigenvalue weighted by Gasteiger charge is 2.15. The molecular formula is C16H25ClN3O4S+. The first-order valence-electron chi connectivity index (χ1n) is 8.40. The molecule has 0 radical (unpaired) electrons. The molecule has 140 valence electrons. The van der Waals surface area contributed by atoms with Gasteiger partial charge in [-0.25, -0.2) is 13.1 Å². The molecule has 1 aromatic rings. The monoisotopic (exact) mass is 390 g/mol. The molecule has 25 heavy (non-hydrogen) atoms. The van der Waals surface area contributed by atoms with Crippen LogP contribution in [0.3, 0.4) is 0 Å². The number of quaternary nitrogens is 1. The van der Waals surface area contributed by atoms with Crippen LogP contribution in [0.4, 0.5) is 0 Å². The van der Waals surface area contributed by atoms with Gasteiger partial charge in [0.05, 0.1) is 24.7 Å². The van der Waals surface area contributed by atoms with Crippen LogP contribution in [0.5, 0.6) is 0 Å². The summed E-state index contributed by atoms with van der Waals surface area (Å²) in [6.45, 7) is 5.30. The van der Waals surface area contributed by atoms with E-state index in [0.717, 1.165) is 39.3 Å². The van der Waals surface area contributed by atoms with Gasteiger partial charge in [0.25, 0.3) is 0 Å². The first kappa shape index (κ1) is 20.1. The predicted molar refractivity (Wildman–Crippen MR) is 95.3 cm³/mol. The normalized spacial score (nSPS) is 15.9. The summed E-state index contributed by atoms with van der Waals surface area (Å²) in [5.41, 5.74) is 0. The van der Waals surface area contributed by atoms with Crippen molar-refractivity contribution in [2.45, 2.75) is 17.7 Å². The fourth-order valence-corrected chi connectivity index (χ4v) is 3.72. The molecule has 7 nitrogen and oxygen atoms in total. The number of hydrogen-bond acceptors (Lipinski definition) is 4. The number of sulfonamides is 1. The summed E-state index contributed by atoms with van der Waals surface area (Å²) in [6, 6.07) is 5.88. The maximum Gasteiger partial charge on any atom is 0.240 e. The van der Waals surface area contributed by atoms with Gasteiger partial charge in [-0.15, -0.1) is 0 Å². The minimum absolute atomic E-state index is 0.0610. The first-order chi connectivity index (χ1) is 12.0. The molecule has 0 aliphatic carbocycles. The average Bonchev–Trinajstić information content (AvgIpc) is 2.60. The topological polar surface area (TPSA) is 88.9 Å². The third-order valence-corrected chi connectivity index (χ3v) is 5.73. The van der Waals surface area contributed by atoms with E-state index in [1.54, 1.807) is 0 Å². The lowest BCUT2D eigenvalue weighted by molar-refractivity contribution is -0.908. The van der Waals surface area contributed by atoms with Crippen LogP contribution in [-0.4, -0.2) is 60.3 Å². The van der Waals surface area contributed by atoms with Crippen LogP contribution in [0.2, 0.25) is 5.02 Å². The molecule has 0 aromatic heterocycles. The van der Waals surface area contributed by atoms with Crippen molar-refractivity contribution in [3.05, 3.63) is 29.3 Å². The molecule has 1 heterocycles. The van der Waals surface area contributed by atoms with Gasteiger partial charge >= 0.3 is 0 Å². The van der Waals surface area contributed by atoms with E-state index in [9.17, 15) is 13.2 Å². The molecule has 1 fully saturated rings. The van der Waals surface area contributed by atoms with E-state index in [1.807, 2.05) is 0 Å². The van der Waals surface area contributed by atoms with Crippen LogP contribution >= 0.6 is 11.6 Å². The highest BCUT2D eigenvalue weighted by molar-refractivity contribution is 7.89. The van der Waals surface area contributed by atoms with Crippen molar-refractivity contribution in [2.24, 2.45) is 0 Å². The van der Waals surface area contributed by atoms with Crippen molar-refractivity contribution in [1.29, 1.82) is 0 Å². The number of amides is 1. The zero-order valence-corrected chi connectivity index (χ0v) is 15.7. The van der Waals surface area contributed by atoms with Crippen LogP contribution in [0.25, 0.3) is 0 Å². The summed E-state index contributed by atoms with van der Waals surface area (Å²) >= 11 is 5.74. The molecule has 1 aliphatic rings. The summed E-state index contributed by atoms with van der Waals surface area (Å²) < 4.78 is 31.8. The van der Waals surface area contributed by atoms with E-state index in [-0.39, 0.29) is 23.8 Å². The van der Waals surface area contributed by atoms with E-state index in [0.29, 0.717) is 11.6 Å². The fourth-order valence-electron chi connectivity index (χ4n) is 2.56. The molecule has 0 atom stereocenters. The van der Waals surface area contributed by atoms with Gasteiger partial charge in [-0.05, 0) is 24.3 Å². The number of benzene rings is 1. The Morgan fingerprint density at radius 3 is 2.52 bits per heavy atom. The molecule has 3 N–H and O–H groups in total. The zero-order valence-electron chi connectivity index (χ0n) is 14.1. The maximum absolute atomic E-state index is 12.1. The molecule has 0 saturated carbocycles. The lowest BCUT2D eigenvalue weighted by Gasteiger charge is -2.23. The molecule has 1 amide bonds. The van der Waals surface area contributed by atoms with Crippen LogP contribution in [0, 0.1) is 0 Å². The van der Waals surface area contributed by atoms with Crippen molar-refractivity contribution >= 4 is 27.5 Å². The van der Waals surface area contributed by atoms with E-state index in [1.165, 1.54) is 29.2 Å². The lowest BCUT2D eigenvalue weighted by atomic mass is 10.3. The molecule has 1 saturated heterocycles. The second-order valence-corrected chi connectivity index (χ2v) is 8.12.